The number of nitrogens with one attached hydrogen (secondary N) is 2. The molecule has 0 saturated heterocycles. The lowest BCUT2D eigenvalue weighted by Crippen LogP contribution is -3.08. The van der Waals surface area contributed by atoms with Gasteiger partial charge in [0.2, 0.25) is 6.79 Å². The third-order valence-corrected chi connectivity index (χ3v) is 3.81. The number of rotatable bonds is 6. The Morgan fingerprint density at radius 3 is 2.62 bits per heavy atom. The fourth-order valence-corrected chi connectivity index (χ4v) is 2.60. The molecular formula is C18H20FN2O3+. The second-order valence-electron chi connectivity index (χ2n) is 5.90. The van der Waals surface area contributed by atoms with E-state index in [4.69, 9.17) is 9.47 Å². The van der Waals surface area contributed by atoms with Gasteiger partial charge in [-0.25, -0.2) is 4.39 Å². The number of carbonyl (C=O) groups is 1. The first kappa shape index (κ1) is 16.3. The van der Waals surface area contributed by atoms with E-state index in [1.165, 1.54) is 12.1 Å². The van der Waals surface area contributed by atoms with Crippen LogP contribution in [0.25, 0.3) is 0 Å². The molecule has 0 bridgehead atoms. The van der Waals surface area contributed by atoms with Crippen LogP contribution in [-0.2, 0) is 17.9 Å². The third-order valence-electron chi connectivity index (χ3n) is 3.81. The second-order valence-corrected chi connectivity index (χ2v) is 5.90. The Balaban J connectivity index is 1.46. The molecule has 0 aliphatic carbocycles. The van der Waals surface area contributed by atoms with Crippen molar-refractivity contribution >= 4 is 5.91 Å². The van der Waals surface area contributed by atoms with E-state index >= 15 is 0 Å². The standard InChI is InChI=1S/C18H19FN2O3/c1-21(10-13-2-5-15(19)6-3-13)11-18(22)20-9-14-4-7-16-17(8-14)24-12-23-16/h2-8H,9-12H2,1H3,(H,20,22)/p+1. The Labute approximate surface area is 140 Å². The summed E-state index contributed by atoms with van der Waals surface area (Å²) in [5, 5.41) is 2.90. The Hall–Kier alpha value is -2.60. The maximum Gasteiger partial charge on any atom is 0.275 e. The topological polar surface area (TPSA) is 52.0 Å². The lowest BCUT2D eigenvalue weighted by atomic mass is 10.2. The first-order valence-electron chi connectivity index (χ1n) is 7.81. The molecule has 1 aliphatic heterocycles. The number of amides is 1. The highest BCUT2D eigenvalue weighted by atomic mass is 19.1. The SMILES string of the molecule is C[NH+](CC(=O)NCc1ccc2c(c1)OCO2)Cc1ccc(F)cc1. The fourth-order valence-electron chi connectivity index (χ4n) is 2.60. The molecule has 1 atom stereocenters. The molecule has 2 aromatic rings. The van der Waals surface area contributed by atoms with Gasteiger partial charge in [0.05, 0.1) is 7.05 Å². The quantitative estimate of drug-likeness (QED) is 0.826. The Morgan fingerprint density at radius 2 is 1.83 bits per heavy atom. The number of hydrogen-bond donors (Lipinski definition) is 2. The summed E-state index contributed by atoms with van der Waals surface area (Å²) in [5.74, 6) is 1.15. The fraction of sp³-hybridized carbons (Fsp3) is 0.278. The molecule has 5 nitrogen and oxygen atoms in total. The molecular weight excluding hydrogens is 311 g/mol. The van der Waals surface area contributed by atoms with E-state index in [1.54, 1.807) is 12.1 Å². The molecule has 3 rings (SSSR count). The van der Waals surface area contributed by atoms with Crippen molar-refractivity contribution in [2.24, 2.45) is 0 Å². The molecule has 1 aliphatic rings. The van der Waals surface area contributed by atoms with Crippen molar-refractivity contribution in [1.29, 1.82) is 0 Å². The number of benzene rings is 2. The summed E-state index contributed by atoms with van der Waals surface area (Å²) in [5.41, 5.74) is 1.96. The molecule has 2 N–H and O–H groups in total. The van der Waals surface area contributed by atoms with Crippen LogP contribution >= 0.6 is 0 Å². The summed E-state index contributed by atoms with van der Waals surface area (Å²) in [6.07, 6.45) is 0. The lowest BCUT2D eigenvalue weighted by Gasteiger charge is -2.14. The molecule has 1 heterocycles. The molecule has 0 aromatic heterocycles. The summed E-state index contributed by atoms with van der Waals surface area (Å²) in [6.45, 7) is 1.70. The van der Waals surface area contributed by atoms with Gasteiger partial charge < -0.3 is 19.7 Å². The zero-order chi connectivity index (χ0) is 16.9. The molecule has 1 unspecified atom stereocenters. The third kappa shape index (κ3) is 4.23. The van der Waals surface area contributed by atoms with Gasteiger partial charge in [-0.1, -0.05) is 18.2 Å². The number of halogens is 1. The molecule has 0 spiro atoms. The smallest absolute Gasteiger partial charge is 0.275 e. The number of likely N-dealkylation sites (N-methyl/N-ethyl adjacent to an activating group) is 1. The Bertz CT molecular complexity index is 719. The Morgan fingerprint density at radius 1 is 1.12 bits per heavy atom. The summed E-state index contributed by atoms with van der Waals surface area (Å²) in [7, 11) is 1.93. The van der Waals surface area contributed by atoms with Crippen LogP contribution in [-0.4, -0.2) is 26.3 Å². The van der Waals surface area contributed by atoms with Crippen molar-refractivity contribution in [3.05, 3.63) is 59.4 Å². The van der Waals surface area contributed by atoms with Gasteiger partial charge >= 0.3 is 0 Å². The highest BCUT2D eigenvalue weighted by Crippen LogP contribution is 2.32. The van der Waals surface area contributed by atoms with E-state index in [0.29, 0.717) is 25.4 Å². The minimum atomic E-state index is -0.252. The number of hydrogen-bond acceptors (Lipinski definition) is 3. The first-order chi connectivity index (χ1) is 11.6. The molecule has 1 amide bonds. The zero-order valence-corrected chi connectivity index (χ0v) is 13.5. The van der Waals surface area contributed by atoms with Gasteiger partial charge in [-0.2, -0.15) is 0 Å². The highest BCUT2D eigenvalue weighted by molar-refractivity contribution is 5.76. The van der Waals surface area contributed by atoms with E-state index in [9.17, 15) is 9.18 Å². The molecule has 0 radical (unpaired) electrons. The van der Waals surface area contributed by atoms with Gasteiger partial charge in [0.1, 0.15) is 12.4 Å². The molecule has 2 aromatic carbocycles. The zero-order valence-electron chi connectivity index (χ0n) is 13.5. The Kier molecular flexibility index (Phi) is 4.96. The maximum atomic E-state index is 12.9. The largest absolute Gasteiger partial charge is 0.454 e. The van der Waals surface area contributed by atoms with Crippen molar-refractivity contribution in [3.8, 4) is 11.5 Å². The molecule has 126 valence electrons. The first-order valence-corrected chi connectivity index (χ1v) is 7.81. The van der Waals surface area contributed by atoms with Crippen LogP contribution in [0.1, 0.15) is 11.1 Å². The predicted octanol–water partition coefficient (Wildman–Crippen LogP) is 0.885. The number of fused-ring (bicyclic) bond motifs is 1. The van der Waals surface area contributed by atoms with Crippen LogP contribution in [0.5, 0.6) is 11.5 Å². The summed E-state index contributed by atoms with van der Waals surface area (Å²) in [4.78, 5) is 13.1. The minimum absolute atomic E-state index is 0.0349. The van der Waals surface area contributed by atoms with Crippen molar-refractivity contribution in [3.63, 3.8) is 0 Å². The molecule has 24 heavy (non-hydrogen) atoms. The van der Waals surface area contributed by atoms with Gasteiger partial charge in [0, 0.05) is 12.1 Å². The van der Waals surface area contributed by atoms with E-state index < -0.39 is 0 Å². The van der Waals surface area contributed by atoms with Crippen LogP contribution in [0.4, 0.5) is 4.39 Å². The van der Waals surface area contributed by atoms with Crippen LogP contribution in [0, 0.1) is 5.82 Å². The molecule has 0 saturated carbocycles. The highest BCUT2D eigenvalue weighted by Gasteiger charge is 2.14. The summed E-state index contributed by atoms with van der Waals surface area (Å²) < 4.78 is 23.5. The normalized spacial score (nSPS) is 13.6. The van der Waals surface area contributed by atoms with E-state index in [1.807, 2.05) is 25.2 Å². The van der Waals surface area contributed by atoms with Gasteiger partial charge in [-0.05, 0) is 29.8 Å². The molecule has 0 fully saturated rings. The van der Waals surface area contributed by atoms with Gasteiger partial charge in [0.15, 0.2) is 18.0 Å². The van der Waals surface area contributed by atoms with Gasteiger partial charge in [0.25, 0.3) is 5.91 Å². The lowest BCUT2D eigenvalue weighted by molar-refractivity contribution is -0.885. The van der Waals surface area contributed by atoms with Crippen molar-refractivity contribution < 1.29 is 23.6 Å². The average molecular weight is 331 g/mol. The van der Waals surface area contributed by atoms with Crippen LogP contribution in [0.3, 0.4) is 0 Å². The van der Waals surface area contributed by atoms with Gasteiger partial charge in [-0.3, -0.25) is 4.79 Å². The van der Waals surface area contributed by atoms with Crippen molar-refractivity contribution in [2.45, 2.75) is 13.1 Å². The van der Waals surface area contributed by atoms with Crippen molar-refractivity contribution in [2.75, 3.05) is 20.4 Å². The van der Waals surface area contributed by atoms with Gasteiger partial charge in [-0.15, -0.1) is 0 Å². The minimum Gasteiger partial charge on any atom is -0.454 e. The van der Waals surface area contributed by atoms with E-state index in [0.717, 1.165) is 21.8 Å². The number of ether oxygens (including phenoxy) is 2. The monoisotopic (exact) mass is 331 g/mol. The second kappa shape index (κ2) is 7.31. The van der Waals surface area contributed by atoms with E-state index in [2.05, 4.69) is 5.32 Å². The molecule has 6 heteroatoms. The summed E-state index contributed by atoms with van der Waals surface area (Å²) >= 11 is 0. The van der Waals surface area contributed by atoms with Crippen LogP contribution in [0.15, 0.2) is 42.5 Å². The van der Waals surface area contributed by atoms with Crippen LogP contribution < -0.4 is 19.7 Å². The predicted molar refractivity (Wildman–Crippen MR) is 86.3 cm³/mol. The number of carbonyl (C=O) groups excluding carboxylic acids is 1. The van der Waals surface area contributed by atoms with Crippen LogP contribution in [0.2, 0.25) is 0 Å². The number of quaternary nitrogens is 1. The van der Waals surface area contributed by atoms with E-state index in [-0.39, 0.29) is 18.5 Å². The van der Waals surface area contributed by atoms with Crippen molar-refractivity contribution in [1.82, 2.24) is 5.32 Å². The maximum absolute atomic E-state index is 12.9. The average Bonchev–Trinajstić information content (AvgIpc) is 3.02. The summed E-state index contributed by atoms with van der Waals surface area (Å²) in [6, 6.07) is 12.0.